The predicted octanol–water partition coefficient (Wildman–Crippen LogP) is 4.87. The molecule has 0 spiro atoms. The molecule has 4 nitrogen and oxygen atoms in total. The number of nitrogens with zero attached hydrogens (tertiary/aromatic N) is 2. The van der Waals surface area contributed by atoms with Crippen molar-refractivity contribution in [2.24, 2.45) is 0 Å². The molecule has 1 heterocycles. The number of rotatable bonds is 5. The summed E-state index contributed by atoms with van der Waals surface area (Å²) in [6.45, 7) is 4.33. The van der Waals surface area contributed by atoms with Crippen molar-refractivity contribution in [1.82, 2.24) is 9.97 Å². The highest BCUT2D eigenvalue weighted by atomic mass is 19.2. The fourth-order valence-electron chi connectivity index (χ4n) is 2.45. The summed E-state index contributed by atoms with van der Waals surface area (Å²) in [5, 5.41) is 5.77. The number of benzene rings is 2. The first-order valence-electron chi connectivity index (χ1n) is 7.98. The molecule has 0 aliphatic rings. The molecular formula is C19H17F3N4. The van der Waals surface area contributed by atoms with E-state index in [1.165, 1.54) is 0 Å². The van der Waals surface area contributed by atoms with Gasteiger partial charge in [0.25, 0.3) is 0 Å². The van der Waals surface area contributed by atoms with E-state index in [-0.39, 0.29) is 11.6 Å². The van der Waals surface area contributed by atoms with Crippen LogP contribution in [0.4, 0.5) is 30.6 Å². The molecule has 1 aromatic heterocycles. The lowest BCUT2D eigenvalue weighted by molar-refractivity contribution is 0.449. The first-order valence-corrected chi connectivity index (χ1v) is 7.98. The van der Waals surface area contributed by atoms with Gasteiger partial charge in [0.05, 0.1) is 5.69 Å². The van der Waals surface area contributed by atoms with Crippen molar-refractivity contribution in [3.63, 3.8) is 0 Å². The molecule has 0 atom stereocenters. The van der Waals surface area contributed by atoms with Crippen molar-refractivity contribution in [3.8, 4) is 0 Å². The maximum atomic E-state index is 13.8. The Balaban J connectivity index is 1.80. The topological polar surface area (TPSA) is 49.8 Å². The number of aryl methyl sites for hydroxylation is 2. The van der Waals surface area contributed by atoms with Gasteiger partial charge in [-0.05, 0) is 37.1 Å². The largest absolute Gasteiger partial charge is 0.366 e. The Kier molecular flexibility index (Phi) is 5.06. The van der Waals surface area contributed by atoms with E-state index in [9.17, 15) is 13.2 Å². The van der Waals surface area contributed by atoms with Crippen molar-refractivity contribution in [1.29, 1.82) is 0 Å². The van der Waals surface area contributed by atoms with Gasteiger partial charge < -0.3 is 10.6 Å². The molecule has 0 aliphatic carbocycles. The number of aromatic nitrogens is 2. The molecular weight excluding hydrogens is 341 g/mol. The minimum atomic E-state index is -1.54. The molecule has 2 N–H and O–H groups in total. The Labute approximate surface area is 149 Å². The molecule has 26 heavy (non-hydrogen) atoms. The second-order valence-electron chi connectivity index (χ2n) is 5.85. The van der Waals surface area contributed by atoms with Crippen molar-refractivity contribution in [2.45, 2.75) is 20.4 Å². The normalized spacial score (nSPS) is 10.7. The molecule has 134 valence electrons. The first kappa shape index (κ1) is 17.7. The smallest absolute Gasteiger partial charge is 0.229 e. The second kappa shape index (κ2) is 7.43. The van der Waals surface area contributed by atoms with Gasteiger partial charge in [-0.1, -0.05) is 24.3 Å². The summed E-state index contributed by atoms with van der Waals surface area (Å²) < 4.78 is 40.2. The van der Waals surface area contributed by atoms with Crippen LogP contribution in [0, 0.1) is 31.3 Å². The summed E-state index contributed by atoms with van der Waals surface area (Å²) >= 11 is 0. The Morgan fingerprint density at radius 3 is 2.46 bits per heavy atom. The summed E-state index contributed by atoms with van der Waals surface area (Å²) in [5.41, 5.74) is 2.66. The Morgan fingerprint density at radius 1 is 0.923 bits per heavy atom. The monoisotopic (exact) mass is 358 g/mol. The van der Waals surface area contributed by atoms with E-state index in [4.69, 9.17) is 0 Å². The van der Waals surface area contributed by atoms with E-state index in [1.807, 2.05) is 31.2 Å². The van der Waals surface area contributed by atoms with Crippen molar-refractivity contribution in [3.05, 3.63) is 76.7 Å². The molecule has 2 aromatic carbocycles. The van der Waals surface area contributed by atoms with Gasteiger partial charge in [0, 0.05) is 18.3 Å². The highest BCUT2D eigenvalue weighted by Gasteiger charge is 2.14. The maximum absolute atomic E-state index is 13.8. The fourth-order valence-corrected chi connectivity index (χ4v) is 2.45. The van der Waals surface area contributed by atoms with Crippen LogP contribution in [-0.4, -0.2) is 9.97 Å². The zero-order chi connectivity index (χ0) is 18.7. The van der Waals surface area contributed by atoms with Crippen molar-refractivity contribution >= 4 is 17.5 Å². The van der Waals surface area contributed by atoms with Gasteiger partial charge >= 0.3 is 0 Å². The Bertz CT molecular complexity index is 944. The summed E-state index contributed by atoms with van der Waals surface area (Å²) in [4.78, 5) is 8.40. The van der Waals surface area contributed by atoms with E-state index >= 15 is 0 Å². The number of hydrogen-bond donors (Lipinski definition) is 2. The average molecular weight is 358 g/mol. The summed E-state index contributed by atoms with van der Waals surface area (Å²) in [7, 11) is 0. The highest BCUT2D eigenvalue weighted by Crippen LogP contribution is 2.23. The molecule has 0 radical (unpaired) electrons. The number of halogens is 3. The average Bonchev–Trinajstić information content (AvgIpc) is 2.61. The number of anilines is 3. The first-order chi connectivity index (χ1) is 12.4. The molecule has 0 saturated carbocycles. The molecule has 0 aliphatic heterocycles. The quantitative estimate of drug-likeness (QED) is 0.639. The molecule has 3 rings (SSSR count). The standard InChI is InChI=1S/C19H17F3N4/c1-11-5-3-4-6-13(11)10-23-16-9-12(2)24-19(26-16)25-15-8-7-14(20)17(21)18(15)22/h3-9H,10H2,1-2H3,(H2,23,24,25,26). The summed E-state index contributed by atoms with van der Waals surface area (Å²) in [6.07, 6.45) is 0. The maximum Gasteiger partial charge on any atom is 0.229 e. The lowest BCUT2D eigenvalue weighted by Crippen LogP contribution is -2.07. The van der Waals surface area contributed by atoms with Crippen molar-refractivity contribution in [2.75, 3.05) is 10.6 Å². The molecule has 7 heteroatoms. The minimum absolute atomic E-state index is 0.0854. The third kappa shape index (κ3) is 3.93. The van der Waals surface area contributed by atoms with E-state index in [0.717, 1.165) is 23.3 Å². The van der Waals surface area contributed by atoms with Crippen LogP contribution in [0.1, 0.15) is 16.8 Å². The van der Waals surface area contributed by atoms with Crippen molar-refractivity contribution < 1.29 is 13.2 Å². The van der Waals surface area contributed by atoms with Crippen LogP contribution in [0.3, 0.4) is 0 Å². The minimum Gasteiger partial charge on any atom is -0.366 e. The van der Waals surface area contributed by atoms with Gasteiger partial charge in [0.2, 0.25) is 5.95 Å². The zero-order valence-corrected chi connectivity index (χ0v) is 14.3. The van der Waals surface area contributed by atoms with E-state index in [2.05, 4.69) is 20.6 Å². The second-order valence-corrected chi connectivity index (χ2v) is 5.85. The predicted molar refractivity (Wildman–Crippen MR) is 94.9 cm³/mol. The lowest BCUT2D eigenvalue weighted by atomic mass is 10.1. The van der Waals surface area contributed by atoms with Crippen LogP contribution in [0.15, 0.2) is 42.5 Å². The van der Waals surface area contributed by atoms with Crippen LogP contribution >= 0.6 is 0 Å². The molecule has 0 fully saturated rings. The third-order valence-corrected chi connectivity index (χ3v) is 3.86. The number of nitrogens with one attached hydrogen (secondary N) is 2. The van der Waals surface area contributed by atoms with Gasteiger partial charge in [-0.15, -0.1) is 0 Å². The molecule has 3 aromatic rings. The van der Waals surface area contributed by atoms with E-state index in [1.54, 1.807) is 13.0 Å². The number of hydrogen-bond acceptors (Lipinski definition) is 4. The van der Waals surface area contributed by atoms with Crippen LogP contribution in [0.25, 0.3) is 0 Å². The van der Waals surface area contributed by atoms with Gasteiger partial charge in [0.1, 0.15) is 5.82 Å². The third-order valence-electron chi connectivity index (χ3n) is 3.86. The summed E-state index contributed by atoms with van der Waals surface area (Å²) in [6, 6.07) is 11.6. The molecule has 0 unspecified atom stereocenters. The molecule has 0 saturated heterocycles. The zero-order valence-electron chi connectivity index (χ0n) is 14.3. The SMILES string of the molecule is Cc1cc(NCc2ccccc2C)nc(Nc2ccc(F)c(F)c2F)n1. The molecule has 0 amide bonds. The van der Waals surface area contributed by atoms with Crippen LogP contribution in [0.2, 0.25) is 0 Å². The Hall–Kier alpha value is -3.09. The summed E-state index contributed by atoms with van der Waals surface area (Å²) in [5.74, 6) is -3.49. The van der Waals surface area contributed by atoms with Gasteiger partial charge in [-0.25, -0.2) is 18.2 Å². The van der Waals surface area contributed by atoms with E-state index in [0.29, 0.717) is 18.1 Å². The van der Waals surface area contributed by atoms with Crippen LogP contribution < -0.4 is 10.6 Å². The highest BCUT2D eigenvalue weighted by molar-refractivity contribution is 5.56. The van der Waals surface area contributed by atoms with Crippen LogP contribution in [0.5, 0.6) is 0 Å². The van der Waals surface area contributed by atoms with Gasteiger partial charge in [0.15, 0.2) is 17.5 Å². The lowest BCUT2D eigenvalue weighted by Gasteiger charge is -2.12. The van der Waals surface area contributed by atoms with Crippen LogP contribution in [-0.2, 0) is 6.54 Å². The van der Waals surface area contributed by atoms with Gasteiger partial charge in [-0.3, -0.25) is 0 Å². The van der Waals surface area contributed by atoms with Gasteiger partial charge in [-0.2, -0.15) is 4.98 Å². The molecule has 0 bridgehead atoms. The van der Waals surface area contributed by atoms with E-state index < -0.39 is 17.5 Å². The fraction of sp³-hybridized carbons (Fsp3) is 0.158. The Morgan fingerprint density at radius 2 is 1.69 bits per heavy atom.